The zero-order chi connectivity index (χ0) is 11.5. The molecule has 0 aliphatic rings. The van der Waals surface area contributed by atoms with Crippen LogP contribution in [0.5, 0.6) is 0 Å². The first-order valence-corrected chi connectivity index (χ1v) is 5.60. The van der Waals surface area contributed by atoms with Crippen LogP contribution in [0.25, 0.3) is 0 Å². The largest absolute Gasteiger partial charge is 0.310 e. The molecule has 0 aliphatic carbocycles. The van der Waals surface area contributed by atoms with Crippen LogP contribution in [0.4, 0.5) is 0 Å². The van der Waals surface area contributed by atoms with Crippen molar-refractivity contribution >= 4 is 0 Å². The highest BCUT2D eigenvalue weighted by molar-refractivity contribution is 5.21. The third-order valence-corrected chi connectivity index (χ3v) is 2.50. The summed E-state index contributed by atoms with van der Waals surface area (Å²) in [6.45, 7) is 12.0. The second kappa shape index (κ2) is 4.75. The normalized spacial score (nSPS) is 13.9. The molecule has 0 aliphatic heterocycles. The number of pyridine rings is 1. The second-order valence-corrected chi connectivity index (χ2v) is 5.15. The number of aryl methyl sites for hydroxylation is 1. The van der Waals surface area contributed by atoms with E-state index in [2.05, 4.69) is 51.0 Å². The van der Waals surface area contributed by atoms with E-state index in [1.807, 2.05) is 12.4 Å². The first-order chi connectivity index (χ1) is 6.95. The van der Waals surface area contributed by atoms with Crippen molar-refractivity contribution in [3.63, 3.8) is 0 Å². The minimum absolute atomic E-state index is 0.214. The molecule has 0 saturated carbocycles. The molecule has 0 radical (unpaired) electrons. The molecule has 1 aromatic rings. The first kappa shape index (κ1) is 12.2. The second-order valence-electron chi connectivity index (χ2n) is 5.15. The average Bonchev–Trinajstić information content (AvgIpc) is 2.12. The number of nitrogens with one attached hydrogen (secondary N) is 1. The van der Waals surface area contributed by atoms with Crippen LogP contribution in [-0.2, 0) is 0 Å². The molecule has 0 spiro atoms. The summed E-state index contributed by atoms with van der Waals surface area (Å²) in [5.74, 6) is 0. The lowest BCUT2D eigenvalue weighted by Gasteiger charge is -2.31. The number of hydrogen-bond acceptors (Lipinski definition) is 2. The Morgan fingerprint density at radius 3 is 2.47 bits per heavy atom. The van der Waals surface area contributed by atoms with E-state index < -0.39 is 0 Å². The van der Waals surface area contributed by atoms with Gasteiger partial charge in [-0.2, -0.15) is 0 Å². The molecule has 1 N–H and O–H groups in total. The Balaban J connectivity index is 2.99. The molecular formula is C13H22N2. The molecule has 2 heteroatoms. The van der Waals surface area contributed by atoms with E-state index in [-0.39, 0.29) is 5.41 Å². The quantitative estimate of drug-likeness (QED) is 0.822. The molecule has 1 aromatic heterocycles. The molecule has 1 atom stereocenters. The van der Waals surface area contributed by atoms with Gasteiger partial charge in [-0.3, -0.25) is 4.98 Å². The number of nitrogens with zero attached hydrogens (tertiary/aromatic N) is 1. The van der Waals surface area contributed by atoms with E-state index in [1.54, 1.807) is 0 Å². The maximum absolute atomic E-state index is 4.26. The molecule has 0 bridgehead atoms. The van der Waals surface area contributed by atoms with Crippen LogP contribution in [0.3, 0.4) is 0 Å². The zero-order valence-electron chi connectivity index (χ0n) is 10.5. The highest BCUT2D eigenvalue weighted by atomic mass is 14.9. The van der Waals surface area contributed by atoms with E-state index in [9.17, 15) is 0 Å². The van der Waals surface area contributed by atoms with Gasteiger partial charge in [-0.1, -0.05) is 33.8 Å². The molecule has 0 amide bonds. The summed E-state index contributed by atoms with van der Waals surface area (Å²) in [7, 11) is 0. The van der Waals surface area contributed by atoms with Gasteiger partial charge in [-0.15, -0.1) is 0 Å². The van der Waals surface area contributed by atoms with Crippen LogP contribution < -0.4 is 5.32 Å². The predicted molar refractivity (Wildman–Crippen MR) is 64.8 cm³/mol. The summed E-state index contributed by atoms with van der Waals surface area (Å²) in [4.78, 5) is 4.26. The Morgan fingerprint density at radius 2 is 2.00 bits per heavy atom. The van der Waals surface area contributed by atoms with Crippen molar-refractivity contribution in [2.45, 2.75) is 40.7 Å². The van der Waals surface area contributed by atoms with Gasteiger partial charge in [0.2, 0.25) is 0 Å². The summed E-state index contributed by atoms with van der Waals surface area (Å²) in [5.41, 5.74) is 2.72. The number of hydrogen-bond donors (Lipinski definition) is 1. The Morgan fingerprint density at radius 1 is 1.33 bits per heavy atom. The average molecular weight is 206 g/mol. The monoisotopic (exact) mass is 206 g/mol. The molecular weight excluding hydrogens is 184 g/mol. The van der Waals surface area contributed by atoms with Crippen molar-refractivity contribution in [3.8, 4) is 0 Å². The lowest BCUT2D eigenvalue weighted by atomic mass is 9.82. The van der Waals surface area contributed by atoms with E-state index in [4.69, 9.17) is 0 Å². The Labute approximate surface area is 93.1 Å². The molecule has 15 heavy (non-hydrogen) atoms. The summed E-state index contributed by atoms with van der Waals surface area (Å²) in [6.07, 6.45) is 3.86. The standard InChI is InChI=1S/C13H22N2/c1-6-15-12(13(3,4)5)11-7-10(2)8-14-9-11/h7-9,12,15H,6H2,1-5H3. The molecule has 0 fully saturated rings. The molecule has 84 valence electrons. The highest BCUT2D eigenvalue weighted by Crippen LogP contribution is 2.32. The maximum Gasteiger partial charge on any atom is 0.0384 e. The summed E-state index contributed by atoms with van der Waals surface area (Å²) >= 11 is 0. The lowest BCUT2D eigenvalue weighted by Crippen LogP contribution is -2.32. The van der Waals surface area contributed by atoms with Gasteiger partial charge in [-0.25, -0.2) is 0 Å². The van der Waals surface area contributed by atoms with E-state index in [1.165, 1.54) is 11.1 Å². The van der Waals surface area contributed by atoms with Crippen LogP contribution in [0.2, 0.25) is 0 Å². The van der Waals surface area contributed by atoms with Crippen LogP contribution in [0.15, 0.2) is 18.5 Å². The maximum atomic E-state index is 4.26. The van der Waals surface area contributed by atoms with Gasteiger partial charge >= 0.3 is 0 Å². The summed E-state index contributed by atoms with van der Waals surface area (Å²) in [5, 5.41) is 3.53. The molecule has 1 rings (SSSR count). The fourth-order valence-corrected chi connectivity index (χ4v) is 1.86. The third-order valence-electron chi connectivity index (χ3n) is 2.50. The molecule has 1 unspecified atom stereocenters. The van der Waals surface area contributed by atoms with E-state index in [0.29, 0.717) is 6.04 Å². The number of rotatable bonds is 3. The van der Waals surface area contributed by atoms with Gasteiger partial charge in [0.05, 0.1) is 0 Å². The first-order valence-electron chi connectivity index (χ1n) is 5.60. The van der Waals surface area contributed by atoms with Crippen molar-refractivity contribution in [1.29, 1.82) is 0 Å². The van der Waals surface area contributed by atoms with Crippen molar-refractivity contribution in [1.82, 2.24) is 10.3 Å². The summed E-state index contributed by atoms with van der Waals surface area (Å²) < 4.78 is 0. The zero-order valence-corrected chi connectivity index (χ0v) is 10.5. The van der Waals surface area contributed by atoms with Gasteiger partial charge in [0.25, 0.3) is 0 Å². The van der Waals surface area contributed by atoms with Crippen molar-refractivity contribution in [2.75, 3.05) is 6.54 Å². The lowest BCUT2D eigenvalue weighted by molar-refractivity contribution is 0.276. The van der Waals surface area contributed by atoms with Gasteiger partial charge in [-0.05, 0) is 30.0 Å². The molecule has 0 saturated heterocycles. The molecule has 2 nitrogen and oxygen atoms in total. The van der Waals surface area contributed by atoms with Crippen LogP contribution in [0.1, 0.15) is 44.9 Å². The van der Waals surface area contributed by atoms with Crippen LogP contribution in [-0.4, -0.2) is 11.5 Å². The topological polar surface area (TPSA) is 24.9 Å². The smallest absolute Gasteiger partial charge is 0.0384 e. The Bertz CT molecular complexity index is 313. The number of aromatic nitrogens is 1. The van der Waals surface area contributed by atoms with Gasteiger partial charge < -0.3 is 5.32 Å². The Hall–Kier alpha value is -0.890. The fraction of sp³-hybridized carbons (Fsp3) is 0.615. The fourth-order valence-electron chi connectivity index (χ4n) is 1.86. The Kier molecular flexibility index (Phi) is 3.86. The summed E-state index contributed by atoms with van der Waals surface area (Å²) in [6, 6.07) is 2.58. The van der Waals surface area contributed by atoms with Crippen molar-refractivity contribution in [3.05, 3.63) is 29.6 Å². The van der Waals surface area contributed by atoms with E-state index in [0.717, 1.165) is 6.54 Å². The molecule has 1 heterocycles. The van der Waals surface area contributed by atoms with E-state index >= 15 is 0 Å². The highest BCUT2D eigenvalue weighted by Gasteiger charge is 2.25. The van der Waals surface area contributed by atoms with Crippen LogP contribution >= 0.6 is 0 Å². The van der Waals surface area contributed by atoms with Crippen molar-refractivity contribution < 1.29 is 0 Å². The SMILES string of the molecule is CCNC(c1cncc(C)c1)C(C)(C)C. The van der Waals surface area contributed by atoms with Crippen molar-refractivity contribution in [2.24, 2.45) is 5.41 Å². The van der Waals surface area contributed by atoms with Gasteiger partial charge in [0, 0.05) is 18.4 Å². The minimum Gasteiger partial charge on any atom is -0.310 e. The molecule has 0 aromatic carbocycles. The predicted octanol–water partition coefficient (Wildman–Crippen LogP) is 3.09. The minimum atomic E-state index is 0.214. The van der Waals surface area contributed by atoms with Crippen LogP contribution in [0, 0.1) is 12.3 Å². The van der Waals surface area contributed by atoms with Gasteiger partial charge in [0.1, 0.15) is 0 Å². The van der Waals surface area contributed by atoms with Gasteiger partial charge in [0.15, 0.2) is 0 Å². The third kappa shape index (κ3) is 3.31.